The van der Waals surface area contributed by atoms with Gasteiger partial charge in [0.25, 0.3) is 0 Å². The Bertz CT molecular complexity index is 1450. The quantitative estimate of drug-likeness (QED) is 0.310. The molecule has 13 heteroatoms. The van der Waals surface area contributed by atoms with Crippen molar-refractivity contribution in [2.75, 3.05) is 48.1 Å². The average molecular weight is 550 g/mol. The highest BCUT2D eigenvalue weighted by Crippen LogP contribution is 2.29. The van der Waals surface area contributed by atoms with Crippen molar-refractivity contribution in [1.29, 1.82) is 0 Å². The van der Waals surface area contributed by atoms with Crippen LogP contribution >= 0.6 is 0 Å². The summed E-state index contributed by atoms with van der Waals surface area (Å²) in [5.41, 5.74) is -0.248. The van der Waals surface area contributed by atoms with Gasteiger partial charge in [-0.05, 0) is 37.6 Å². The summed E-state index contributed by atoms with van der Waals surface area (Å²) in [5, 5.41) is 9.20. The topological polar surface area (TPSA) is 136 Å². The smallest absolute Gasteiger partial charge is 0.303 e. The van der Waals surface area contributed by atoms with Gasteiger partial charge in [0.15, 0.2) is 5.82 Å². The highest BCUT2D eigenvalue weighted by molar-refractivity contribution is 7.92. The predicted molar refractivity (Wildman–Crippen MR) is 139 cm³/mol. The molecule has 4 rings (SSSR count). The van der Waals surface area contributed by atoms with E-state index in [1.165, 1.54) is 6.20 Å². The minimum absolute atomic E-state index is 0.00743. The van der Waals surface area contributed by atoms with Crippen molar-refractivity contribution in [3.63, 3.8) is 0 Å². The number of benzene rings is 1. The molecule has 0 atom stereocenters. The molecule has 0 spiro atoms. The van der Waals surface area contributed by atoms with Gasteiger partial charge in [-0.1, -0.05) is 6.92 Å². The monoisotopic (exact) mass is 549 g/mol. The zero-order valence-corrected chi connectivity index (χ0v) is 21.7. The van der Waals surface area contributed by atoms with Gasteiger partial charge in [-0.25, -0.2) is 22.2 Å². The molecule has 2 aromatic heterocycles. The number of hydrogen-bond acceptors (Lipinski definition) is 7. The van der Waals surface area contributed by atoms with E-state index in [4.69, 9.17) is 5.11 Å². The number of carbonyl (C=O) groups is 2. The number of aromatic nitrogens is 2. The van der Waals surface area contributed by atoms with E-state index in [0.29, 0.717) is 43.5 Å². The highest BCUT2D eigenvalue weighted by atomic mass is 32.2. The van der Waals surface area contributed by atoms with Crippen LogP contribution in [-0.2, 0) is 14.8 Å². The Morgan fingerprint density at radius 2 is 1.92 bits per heavy atom. The van der Waals surface area contributed by atoms with Crippen molar-refractivity contribution in [3.05, 3.63) is 53.4 Å². The molecular formula is C25H29F2N5O5S. The van der Waals surface area contributed by atoms with E-state index in [0.717, 1.165) is 30.9 Å². The molecule has 0 aliphatic carbocycles. The maximum Gasteiger partial charge on any atom is 0.303 e. The van der Waals surface area contributed by atoms with Gasteiger partial charge in [-0.15, -0.1) is 0 Å². The molecule has 0 saturated carbocycles. The normalized spacial score (nSPS) is 14.7. The lowest BCUT2D eigenvalue weighted by molar-refractivity contribution is -0.137. The summed E-state index contributed by atoms with van der Waals surface area (Å²) >= 11 is 0. The largest absolute Gasteiger partial charge is 0.481 e. The van der Waals surface area contributed by atoms with Crippen LogP contribution < -0.4 is 9.62 Å². The number of nitrogens with one attached hydrogen (secondary N) is 2. The van der Waals surface area contributed by atoms with Crippen molar-refractivity contribution in [3.8, 4) is 0 Å². The van der Waals surface area contributed by atoms with Crippen LogP contribution in [0.1, 0.15) is 42.1 Å². The fraction of sp³-hybridized carbons (Fsp3) is 0.400. The Kier molecular flexibility index (Phi) is 8.26. The summed E-state index contributed by atoms with van der Waals surface area (Å²) in [5.74, 6) is -4.40. The van der Waals surface area contributed by atoms with Crippen LogP contribution in [0.4, 0.5) is 20.2 Å². The summed E-state index contributed by atoms with van der Waals surface area (Å²) in [6.45, 7) is 5.13. The molecular weight excluding hydrogens is 520 g/mol. The number of carbonyl (C=O) groups excluding carboxylic acids is 1. The number of carboxylic acids is 1. The number of rotatable bonds is 11. The molecule has 38 heavy (non-hydrogen) atoms. The molecule has 0 amide bonds. The lowest BCUT2D eigenvalue weighted by Crippen LogP contribution is -2.46. The molecule has 0 unspecified atom stereocenters. The Hall–Kier alpha value is -3.58. The van der Waals surface area contributed by atoms with Crippen molar-refractivity contribution in [2.45, 2.75) is 26.2 Å². The molecule has 204 valence electrons. The first kappa shape index (κ1) is 27.5. The summed E-state index contributed by atoms with van der Waals surface area (Å²) in [7, 11) is -3.86. The number of fused-ring (bicyclic) bond motifs is 1. The average Bonchev–Trinajstić information content (AvgIpc) is 3.29. The first-order valence-electron chi connectivity index (χ1n) is 12.3. The van der Waals surface area contributed by atoms with E-state index >= 15 is 4.39 Å². The zero-order valence-electron chi connectivity index (χ0n) is 20.8. The number of carboxylic acid groups (broad SMARTS) is 1. The number of aliphatic carboxylic acids is 1. The third-order valence-corrected chi connectivity index (χ3v) is 7.90. The first-order chi connectivity index (χ1) is 18.1. The number of sulfonamides is 1. The molecule has 1 fully saturated rings. The van der Waals surface area contributed by atoms with Gasteiger partial charge in [-0.3, -0.25) is 19.2 Å². The van der Waals surface area contributed by atoms with Gasteiger partial charge < -0.3 is 15.0 Å². The van der Waals surface area contributed by atoms with Crippen LogP contribution in [0.3, 0.4) is 0 Å². The van der Waals surface area contributed by atoms with Crippen molar-refractivity contribution in [2.24, 2.45) is 0 Å². The molecule has 3 aromatic rings. The Labute approximate surface area is 218 Å². The van der Waals surface area contributed by atoms with Crippen LogP contribution in [0.2, 0.25) is 0 Å². The summed E-state index contributed by atoms with van der Waals surface area (Å²) in [4.78, 5) is 35.5. The maximum atomic E-state index is 15.2. The number of H-pyrrole nitrogens is 1. The standard InChI is InChI=1S/C25H29F2N5O5S/c1-2-12-38(36,37)30-20-6-5-19(26)22(23(20)27)24(35)18-15-29-25-17(18)13-16(14-28-25)32-10-8-31(9-11-32)7-3-4-21(33)34/h5-6,13-15,30H,2-4,7-12H2,1H3,(H,28,29)(H,33,34). The lowest BCUT2D eigenvalue weighted by atomic mass is 10.0. The van der Waals surface area contributed by atoms with Gasteiger partial charge in [-0.2, -0.15) is 0 Å². The molecule has 3 N–H and O–H groups in total. The van der Waals surface area contributed by atoms with Crippen molar-refractivity contribution in [1.82, 2.24) is 14.9 Å². The number of hydrogen-bond donors (Lipinski definition) is 3. The first-order valence-corrected chi connectivity index (χ1v) is 13.9. The van der Waals surface area contributed by atoms with E-state index in [9.17, 15) is 22.4 Å². The van der Waals surface area contributed by atoms with Crippen LogP contribution in [0, 0.1) is 11.6 Å². The number of ketones is 1. The lowest BCUT2D eigenvalue weighted by Gasteiger charge is -2.35. The maximum absolute atomic E-state index is 15.2. The molecule has 1 aliphatic rings. The van der Waals surface area contributed by atoms with Crippen LogP contribution in [0.5, 0.6) is 0 Å². The SMILES string of the molecule is CCCS(=O)(=O)Nc1ccc(F)c(C(=O)c2c[nH]c3ncc(N4CCN(CCCC(=O)O)CC4)cc23)c1F. The van der Waals surface area contributed by atoms with Gasteiger partial charge in [0.2, 0.25) is 15.8 Å². The summed E-state index contributed by atoms with van der Waals surface area (Å²) in [6.07, 6.45) is 3.98. The third-order valence-electron chi connectivity index (χ3n) is 6.42. The second-order valence-electron chi connectivity index (χ2n) is 9.15. The number of anilines is 2. The van der Waals surface area contributed by atoms with Crippen molar-refractivity contribution >= 4 is 44.2 Å². The number of aromatic amines is 1. The third kappa shape index (κ3) is 6.10. The van der Waals surface area contributed by atoms with E-state index in [-0.39, 0.29) is 17.7 Å². The minimum Gasteiger partial charge on any atom is -0.481 e. The Balaban J connectivity index is 1.56. The van der Waals surface area contributed by atoms with Crippen LogP contribution in [-0.4, -0.2) is 78.6 Å². The van der Waals surface area contributed by atoms with E-state index in [1.807, 2.05) is 0 Å². The van der Waals surface area contributed by atoms with Gasteiger partial charge >= 0.3 is 5.97 Å². The fourth-order valence-electron chi connectivity index (χ4n) is 4.50. The predicted octanol–water partition coefficient (Wildman–Crippen LogP) is 3.21. The Morgan fingerprint density at radius 3 is 2.61 bits per heavy atom. The van der Waals surface area contributed by atoms with E-state index < -0.39 is 44.7 Å². The number of pyridine rings is 1. The van der Waals surface area contributed by atoms with Crippen LogP contribution in [0.25, 0.3) is 11.0 Å². The minimum atomic E-state index is -3.86. The molecule has 10 nitrogen and oxygen atoms in total. The second-order valence-corrected chi connectivity index (χ2v) is 11.0. The molecule has 0 radical (unpaired) electrons. The molecule has 1 aliphatic heterocycles. The van der Waals surface area contributed by atoms with Gasteiger partial charge in [0.05, 0.1) is 28.9 Å². The van der Waals surface area contributed by atoms with E-state index in [1.54, 1.807) is 19.2 Å². The number of halogens is 2. The fourth-order valence-corrected chi connectivity index (χ4v) is 5.63. The Morgan fingerprint density at radius 1 is 1.18 bits per heavy atom. The highest BCUT2D eigenvalue weighted by Gasteiger charge is 2.26. The summed E-state index contributed by atoms with van der Waals surface area (Å²) in [6, 6.07) is 3.54. The second kappa shape index (κ2) is 11.4. The molecule has 1 aromatic carbocycles. The zero-order chi connectivity index (χ0) is 27.4. The van der Waals surface area contributed by atoms with Gasteiger partial charge in [0.1, 0.15) is 11.5 Å². The summed E-state index contributed by atoms with van der Waals surface area (Å²) < 4.78 is 56.2. The molecule has 0 bridgehead atoms. The molecule has 3 heterocycles. The van der Waals surface area contributed by atoms with Crippen molar-refractivity contribution < 1.29 is 31.9 Å². The van der Waals surface area contributed by atoms with Crippen LogP contribution in [0.15, 0.2) is 30.6 Å². The number of nitrogens with zero attached hydrogens (tertiary/aromatic N) is 3. The number of piperazine rings is 1. The van der Waals surface area contributed by atoms with Gasteiger partial charge in [0, 0.05) is 49.7 Å². The molecule has 1 saturated heterocycles. The van der Waals surface area contributed by atoms with E-state index in [2.05, 4.69) is 24.5 Å².